The summed E-state index contributed by atoms with van der Waals surface area (Å²) in [5, 5.41) is 7.85. The van der Waals surface area contributed by atoms with Crippen LogP contribution in [0.3, 0.4) is 0 Å². The van der Waals surface area contributed by atoms with Crippen LogP contribution in [0, 0.1) is 12.8 Å². The molecule has 2 heterocycles. The molecule has 1 aliphatic heterocycles. The van der Waals surface area contributed by atoms with Crippen LogP contribution in [0.1, 0.15) is 43.7 Å². The van der Waals surface area contributed by atoms with E-state index in [0.29, 0.717) is 35.4 Å². The SMILES string of the molecule is Cc1nn(CC(C)C)c(Cl)c1C(=O)NCC(C)(C)N1CCOCC1. The van der Waals surface area contributed by atoms with Crippen molar-refractivity contribution in [2.45, 2.75) is 46.7 Å². The van der Waals surface area contributed by atoms with Crippen molar-refractivity contribution in [3.8, 4) is 0 Å². The highest BCUT2D eigenvalue weighted by atomic mass is 35.5. The van der Waals surface area contributed by atoms with Crippen molar-refractivity contribution in [1.82, 2.24) is 20.0 Å². The molecule has 6 nitrogen and oxygen atoms in total. The molecular formula is C17H29ClN4O2. The summed E-state index contributed by atoms with van der Waals surface area (Å²) in [6.07, 6.45) is 0. The van der Waals surface area contributed by atoms with Crippen LogP contribution in [0.5, 0.6) is 0 Å². The number of aryl methyl sites for hydroxylation is 1. The highest BCUT2D eigenvalue weighted by Crippen LogP contribution is 2.21. The number of carbonyl (C=O) groups is 1. The molecule has 1 fully saturated rings. The van der Waals surface area contributed by atoms with Crippen LogP contribution in [-0.4, -0.2) is 59.0 Å². The third-order valence-corrected chi connectivity index (χ3v) is 4.76. The van der Waals surface area contributed by atoms with Crippen molar-refractivity contribution in [3.05, 3.63) is 16.4 Å². The Hall–Kier alpha value is -1.11. The number of morpholine rings is 1. The predicted octanol–water partition coefficient (Wildman–Crippen LogP) is 2.34. The molecule has 0 spiro atoms. The molecule has 136 valence electrons. The Kier molecular flexibility index (Phi) is 6.28. The summed E-state index contributed by atoms with van der Waals surface area (Å²) in [4.78, 5) is 15.0. The number of carbonyl (C=O) groups excluding carboxylic acids is 1. The van der Waals surface area contributed by atoms with Crippen molar-refractivity contribution in [3.63, 3.8) is 0 Å². The lowest BCUT2D eigenvalue weighted by Crippen LogP contribution is -2.55. The van der Waals surface area contributed by atoms with Gasteiger partial charge < -0.3 is 10.1 Å². The normalized spacial score (nSPS) is 16.6. The van der Waals surface area contributed by atoms with E-state index in [9.17, 15) is 4.79 Å². The molecule has 0 atom stereocenters. The van der Waals surface area contributed by atoms with Crippen LogP contribution in [-0.2, 0) is 11.3 Å². The van der Waals surface area contributed by atoms with Gasteiger partial charge >= 0.3 is 0 Å². The smallest absolute Gasteiger partial charge is 0.256 e. The van der Waals surface area contributed by atoms with Crippen LogP contribution in [0.25, 0.3) is 0 Å². The quantitative estimate of drug-likeness (QED) is 0.850. The van der Waals surface area contributed by atoms with Crippen LogP contribution >= 0.6 is 11.6 Å². The Labute approximate surface area is 149 Å². The molecule has 0 aromatic carbocycles. The first kappa shape index (κ1) is 19.2. The van der Waals surface area contributed by atoms with E-state index in [1.807, 2.05) is 6.92 Å². The monoisotopic (exact) mass is 356 g/mol. The molecular weight excluding hydrogens is 328 g/mol. The Bertz CT molecular complexity index is 577. The van der Waals surface area contributed by atoms with Gasteiger partial charge in [0.25, 0.3) is 5.91 Å². The van der Waals surface area contributed by atoms with Gasteiger partial charge in [-0.3, -0.25) is 14.4 Å². The van der Waals surface area contributed by atoms with Crippen LogP contribution < -0.4 is 5.32 Å². The molecule has 2 rings (SSSR count). The maximum Gasteiger partial charge on any atom is 0.256 e. The van der Waals surface area contributed by atoms with Gasteiger partial charge in [-0.25, -0.2) is 0 Å². The second-order valence-corrected chi connectivity index (χ2v) is 7.78. The van der Waals surface area contributed by atoms with E-state index in [1.54, 1.807) is 4.68 Å². The number of hydrogen-bond donors (Lipinski definition) is 1. The van der Waals surface area contributed by atoms with E-state index in [2.05, 4.69) is 43.0 Å². The van der Waals surface area contributed by atoms with E-state index in [0.717, 1.165) is 26.3 Å². The lowest BCUT2D eigenvalue weighted by Gasteiger charge is -2.40. The number of hydrogen-bond acceptors (Lipinski definition) is 4. The van der Waals surface area contributed by atoms with Crippen LogP contribution in [0.4, 0.5) is 0 Å². The maximum atomic E-state index is 12.6. The Morgan fingerprint density at radius 1 is 1.38 bits per heavy atom. The molecule has 7 heteroatoms. The summed E-state index contributed by atoms with van der Waals surface area (Å²) in [5.74, 6) is 0.256. The lowest BCUT2D eigenvalue weighted by atomic mass is 10.0. The first-order valence-corrected chi connectivity index (χ1v) is 8.94. The third-order valence-electron chi connectivity index (χ3n) is 4.38. The highest BCUT2D eigenvalue weighted by Gasteiger charge is 2.29. The van der Waals surface area contributed by atoms with Crippen molar-refractivity contribution in [2.75, 3.05) is 32.8 Å². The lowest BCUT2D eigenvalue weighted by molar-refractivity contribution is -0.00923. The molecule has 0 radical (unpaired) electrons. The standard InChI is InChI=1S/C17H29ClN4O2/c1-12(2)10-22-15(18)14(13(3)20-22)16(23)19-11-17(4,5)21-6-8-24-9-7-21/h12H,6-11H2,1-5H3,(H,19,23). The van der Waals surface area contributed by atoms with Gasteiger partial charge in [-0.05, 0) is 26.7 Å². The van der Waals surface area contributed by atoms with E-state index in [-0.39, 0.29) is 11.4 Å². The molecule has 1 saturated heterocycles. The minimum atomic E-state index is -0.158. The minimum Gasteiger partial charge on any atom is -0.379 e. The van der Waals surface area contributed by atoms with Crippen molar-refractivity contribution < 1.29 is 9.53 Å². The van der Waals surface area contributed by atoms with Crippen molar-refractivity contribution >= 4 is 17.5 Å². The fourth-order valence-corrected chi connectivity index (χ4v) is 3.27. The van der Waals surface area contributed by atoms with Gasteiger partial charge in [0.15, 0.2) is 0 Å². The first-order valence-electron chi connectivity index (χ1n) is 8.56. The van der Waals surface area contributed by atoms with Gasteiger partial charge in [0.1, 0.15) is 5.15 Å². The average Bonchev–Trinajstić information content (AvgIpc) is 2.79. The van der Waals surface area contributed by atoms with Gasteiger partial charge in [-0.1, -0.05) is 25.4 Å². The summed E-state index contributed by atoms with van der Waals surface area (Å²) in [7, 11) is 0. The zero-order valence-electron chi connectivity index (χ0n) is 15.4. The van der Waals surface area contributed by atoms with Gasteiger partial charge in [0, 0.05) is 31.7 Å². The zero-order valence-corrected chi connectivity index (χ0v) is 16.1. The summed E-state index contributed by atoms with van der Waals surface area (Å²) in [6, 6.07) is 0. The fraction of sp³-hybridized carbons (Fsp3) is 0.765. The molecule has 0 aliphatic carbocycles. The zero-order chi connectivity index (χ0) is 17.9. The molecule has 1 aliphatic rings. The van der Waals surface area contributed by atoms with E-state index in [4.69, 9.17) is 16.3 Å². The predicted molar refractivity (Wildman–Crippen MR) is 95.6 cm³/mol. The van der Waals surface area contributed by atoms with E-state index in [1.165, 1.54) is 0 Å². The number of nitrogens with zero attached hydrogens (tertiary/aromatic N) is 3. The average molecular weight is 357 g/mol. The van der Waals surface area contributed by atoms with Gasteiger partial charge in [-0.2, -0.15) is 5.10 Å². The molecule has 1 aromatic heterocycles. The topological polar surface area (TPSA) is 59.4 Å². The molecule has 0 saturated carbocycles. The fourth-order valence-electron chi connectivity index (χ4n) is 2.94. The number of ether oxygens (including phenoxy) is 1. The summed E-state index contributed by atoms with van der Waals surface area (Å²) >= 11 is 6.38. The molecule has 1 aromatic rings. The second-order valence-electron chi connectivity index (χ2n) is 7.42. The van der Waals surface area contributed by atoms with Crippen molar-refractivity contribution in [1.29, 1.82) is 0 Å². The molecule has 1 amide bonds. The van der Waals surface area contributed by atoms with Crippen LogP contribution in [0.15, 0.2) is 0 Å². The number of aromatic nitrogens is 2. The highest BCUT2D eigenvalue weighted by molar-refractivity contribution is 6.33. The summed E-state index contributed by atoms with van der Waals surface area (Å²) in [6.45, 7) is 14.8. The summed E-state index contributed by atoms with van der Waals surface area (Å²) in [5.41, 5.74) is 1.02. The molecule has 1 N–H and O–H groups in total. The number of amides is 1. The summed E-state index contributed by atoms with van der Waals surface area (Å²) < 4.78 is 7.11. The first-order chi connectivity index (χ1) is 11.2. The van der Waals surface area contributed by atoms with Crippen molar-refractivity contribution in [2.24, 2.45) is 5.92 Å². The number of rotatable bonds is 6. The largest absolute Gasteiger partial charge is 0.379 e. The van der Waals surface area contributed by atoms with Gasteiger partial charge in [-0.15, -0.1) is 0 Å². The second kappa shape index (κ2) is 7.85. The molecule has 0 unspecified atom stereocenters. The Morgan fingerprint density at radius 3 is 2.58 bits per heavy atom. The maximum absolute atomic E-state index is 12.6. The van der Waals surface area contributed by atoms with Crippen LogP contribution in [0.2, 0.25) is 5.15 Å². The Balaban J connectivity index is 2.03. The number of nitrogens with one attached hydrogen (secondary N) is 1. The molecule has 24 heavy (non-hydrogen) atoms. The minimum absolute atomic E-state index is 0.131. The van der Waals surface area contributed by atoms with Gasteiger partial charge in [0.2, 0.25) is 0 Å². The van der Waals surface area contributed by atoms with E-state index >= 15 is 0 Å². The van der Waals surface area contributed by atoms with Gasteiger partial charge in [0.05, 0.1) is 24.5 Å². The molecule has 0 bridgehead atoms. The number of halogens is 1. The van der Waals surface area contributed by atoms with E-state index < -0.39 is 0 Å². The Morgan fingerprint density at radius 2 is 2.00 bits per heavy atom. The third kappa shape index (κ3) is 4.49.